The van der Waals surface area contributed by atoms with Gasteiger partial charge in [-0.25, -0.2) is 0 Å². The average molecular weight is 793 g/mol. The first-order valence-electron chi connectivity index (χ1n) is 21.3. The molecule has 0 aliphatic heterocycles. The van der Waals surface area contributed by atoms with Crippen molar-refractivity contribution in [1.82, 2.24) is 0 Å². The van der Waals surface area contributed by atoms with E-state index in [9.17, 15) is 0 Å². The smallest absolute Gasteiger partial charge is 0.160 e. The van der Waals surface area contributed by atoms with Gasteiger partial charge in [0.2, 0.25) is 0 Å². The van der Waals surface area contributed by atoms with E-state index in [4.69, 9.17) is 8.83 Å². The summed E-state index contributed by atoms with van der Waals surface area (Å²) in [6, 6.07) is 66.3. The quantitative estimate of drug-likeness (QED) is 0.157. The molecule has 0 aliphatic carbocycles. The van der Waals surface area contributed by atoms with Crippen molar-refractivity contribution in [2.24, 2.45) is 0 Å². The topological polar surface area (TPSA) is 32.8 Å². The van der Waals surface area contributed by atoms with Gasteiger partial charge in [0.05, 0.1) is 22.7 Å². The minimum Gasteiger partial charge on any atom is -0.454 e. The number of aryl methyl sites for hydroxylation is 2. The summed E-state index contributed by atoms with van der Waals surface area (Å²) in [5.41, 5.74) is 12.4. The Morgan fingerprint density at radius 1 is 0.274 bits per heavy atom. The molecular formula is C58H36N2O2. The summed E-state index contributed by atoms with van der Waals surface area (Å²) >= 11 is 0. The zero-order valence-electron chi connectivity index (χ0n) is 34.0. The third-order valence-corrected chi connectivity index (χ3v) is 13.6. The molecule has 0 spiro atoms. The molecular weight excluding hydrogens is 757 g/mol. The van der Waals surface area contributed by atoms with Crippen LogP contribution in [0.15, 0.2) is 191 Å². The van der Waals surface area contributed by atoms with E-state index in [0.717, 1.165) is 67.2 Å². The van der Waals surface area contributed by atoms with Crippen molar-refractivity contribution in [3.8, 4) is 0 Å². The fourth-order valence-corrected chi connectivity index (χ4v) is 10.8. The molecule has 14 aromatic rings. The van der Waals surface area contributed by atoms with Gasteiger partial charge < -0.3 is 18.6 Å². The van der Waals surface area contributed by atoms with Crippen molar-refractivity contribution in [2.75, 3.05) is 9.80 Å². The van der Waals surface area contributed by atoms with E-state index in [1.165, 1.54) is 75.8 Å². The van der Waals surface area contributed by atoms with Crippen LogP contribution in [-0.4, -0.2) is 0 Å². The van der Waals surface area contributed by atoms with E-state index in [1.807, 2.05) is 0 Å². The Morgan fingerprint density at radius 2 is 0.629 bits per heavy atom. The van der Waals surface area contributed by atoms with Gasteiger partial charge in [0, 0.05) is 43.7 Å². The molecule has 0 aliphatic rings. The highest BCUT2D eigenvalue weighted by Crippen LogP contribution is 2.52. The minimum absolute atomic E-state index is 0.893. The summed E-state index contributed by atoms with van der Waals surface area (Å²) in [6.07, 6.45) is 0. The lowest BCUT2D eigenvalue weighted by atomic mass is 9.91. The first-order chi connectivity index (χ1) is 30.6. The maximum absolute atomic E-state index is 6.88. The average Bonchev–Trinajstić information content (AvgIpc) is 3.91. The van der Waals surface area contributed by atoms with Crippen LogP contribution in [-0.2, 0) is 0 Å². The van der Waals surface area contributed by atoms with Crippen LogP contribution in [0.1, 0.15) is 11.1 Å². The van der Waals surface area contributed by atoms with E-state index in [1.54, 1.807) is 0 Å². The number of hydrogen-bond acceptors (Lipinski definition) is 4. The SMILES string of the molecule is Cc1ccccc1N(c1ccc2ccc3c(N(c4ccccc4C)c4ccc5ccc6cccc7oc4c5c67)ccc4ccc1c2c43)c1ccc2ccc3cccc4oc1c2c34. The van der Waals surface area contributed by atoms with Crippen LogP contribution in [0.3, 0.4) is 0 Å². The Labute approximate surface area is 356 Å². The van der Waals surface area contributed by atoms with Gasteiger partial charge >= 0.3 is 0 Å². The fraction of sp³-hybridized carbons (Fsp3) is 0.0345. The van der Waals surface area contributed by atoms with Crippen molar-refractivity contribution < 1.29 is 8.83 Å². The van der Waals surface area contributed by atoms with Crippen LogP contribution in [0.25, 0.3) is 97.7 Å². The summed E-state index contributed by atoms with van der Waals surface area (Å²) in [7, 11) is 0. The van der Waals surface area contributed by atoms with Crippen LogP contribution < -0.4 is 9.80 Å². The van der Waals surface area contributed by atoms with E-state index in [2.05, 4.69) is 206 Å². The summed E-state index contributed by atoms with van der Waals surface area (Å²) in [6.45, 7) is 4.40. The van der Waals surface area contributed by atoms with E-state index in [-0.39, 0.29) is 0 Å². The van der Waals surface area contributed by atoms with Gasteiger partial charge in [-0.15, -0.1) is 0 Å². The lowest BCUT2D eigenvalue weighted by molar-refractivity contribution is 0.669. The van der Waals surface area contributed by atoms with Crippen molar-refractivity contribution in [1.29, 1.82) is 0 Å². The molecule has 4 nitrogen and oxygen atoms in total. The first kappa shape index (κ1) is 33.7. The first-order valence-corrected chi connectivity index (χ1v) is 21.3. The number of anilines is 6. The molecule has 2 heterocycles. The number of para-hydroxylation sites is 2. The molecule has 0 fully saturated rings. The van der Waals surface area contributed by atoms with Gasteiger partial charge in [0.1, 0.15) is 11.2 Å². The maximum Gasteiger partial charge on any atom is 0.160 e. The van der Waals surface area contributed by atoms with Crippen LogP contribution in [0.2, 0.25) is 0 Å². The highest BCUT2D eigenvalue weighted by atomic mass is 16.3. The zero-order chi connectivity index (χ0) is 40.8. The second kappa shape index (κ2) is 12.2. The third kappa shape index (κ3) is 4.45. The maximum atomic E-state index is 6.88. The Kier molecular flexibility index (Phi) is 6.66. The van der Waals surface area contributed by atoms with Crippen molar-refractivity contribution in [3.63, 3.8) is 0 Å². The predicted molar refractivity (Wildman–Crippen MR) is 261 cm³/mol. The van der Waals surface area contributed by atoms with Gasteiger partial charge in [-0.3, -0.25) is 0 Å². The summed E-state index contributed by atoms with van der Waals surface area (Å²) in [4.78, 5) is 4.85. The van der Waals surface area contributed by atoms with Gasteiger partial charge in [-0.2, -0.15) is 0 Å². The molecule has 2 aromatic heterocycles. The van der Waals surface area contributed by atoms with Crippen molar-refractivity contribution >= 4 is 132 Å². The largest absolute Gasteiger partial charge is 0.454 e. The molecule has 0 saturated heterocycles. The highest BCUT2D eigenvalue weighted by molar-refractivity contribution is 6.30. The highest BCUT2D eigenvalue weighted by Gasteiger charge is 2.27. The second-order valence-electron chi connectivity index (χ2n) is 16.9. The monoisotopic (exact) mass is 792 g/mol. The van der Waals surface area contributed by atoms with E-state index in [0.29, 0.717) is 0 Å². The Bertz CT molecular complexity index is 3830. The van der Waals surface area contributed by atoms with Crippen molar-refractivity contribution in [3.05, 3.63) is 193 Å². The van der Waals surface area contributed by atoms with Crippen LogP contribution >= 0.6 is 0 Å². The summed E-state index contributed by atoms with van der Waals surface area (Å²) in [5.74, 6) is 0. The molecule has 0 unspecified atom stereocenters. The normalized spacial score (nSPS) is 12.4. The molecule has 0 bridgehead atoms. The molecule has 0 N–H and O–H groups in total. The molecule has 0 amide bonds. The summed E-state index contributed by atoms with van der Waals surface area (Å²) < 4.78 is 13.8. The minimum atomic E-state index is 0.893. The fourth-order valence-electron chi connectivity index (χ4n) is 10.8. The van der Waals surface area contributed by atoms with Crippen LogP contribution in [0.4, 0.5) is 34.1 Å². The lowest BCUT2D eigenvalue weighted by Crippen LogP contribution is -2.13. The number of rotatable bonds is 6. The zero-order valence-corrected chi connectivity index (χ0v) is 34.0. The lowest BCUT2D eigenvalue weighted by Gasteiger charge is -2.30. The molecule has 14 rings (SSSR count). The number of benzene rings is 12. The van der Waals surface area contributed by atoms with Gasteiger partial charge in [-0.05, 0) is 117 Å². The van der Waals surface area contributed by atoms with Gasteiger partial charge in [0.15, 0.2) is 11.2 Å². The molecule has 62 heavy (non-hydrogen) atoms. The Morgan fingerprint density at radius 3 is 1.06 bits per heavy atom. The van der Waals surface area contributed by atoms with Gasteiger partial charge in [-0.1, -0.05) is 133 Å². The van der Waals surface area contributed by atoms with E-state index < -0.39 is 0 Å². The third-order valence-electron chi connectivity index (χ3n) is 13.6. The van der Waals surface area contributed by atoms with Gasteiger partial charge in [0.25, 0.3) is 0 Å². The second-order valence-corrected chi connectivity index (χ2v) is 16.9. The standard InChI is InChI=1S/C58H36N2O2/c1-33-9-3-5-13-43(33)59(47-31-25-39-19-17-35-11-7-15-49-53(35)55(39)57(47)61-49)45-29-23-37-22-28-42-46(30-24-38-21-27-41(45)51(37)52(38)42)60(44-14-6-4-10-34(44)2)48-32-26-40-20-18-36-12-8-16-50-54(36)56(40)58(48)62-50/h3-32H,1-2H3. The van der Waals surface area contributed by atoms with Crippen molar-refractivity contribution in [2.45, 2.75) is 13.8 Å². The molecule has 0 atom stereocenters. The summed E-state index contributed by atoms with van der Waals surface area (Å²) in [5, 5.41) is 16.6. The number of hydrogen-bond donors (Lipinski definition) is 0. The van der Waals surface area contributed by atoms with E-state index >= 15 is 0 Å². The molecule has 0 saturated carbocycles. The van der Waals surface area contributed by atoms with Crippen LogP contribution in [0.5, 0.6) is 0 Å². The number of furan rings is 2. The molecule has 0 radical (unpaired) electrons. The molecule has 290 valence electrons. The Hall–Kier alpha value is -8.08. The Balaban J connectivity index is 1.06. The molecule has 12 aromatic carbocycles. The van der Waals surface area contributed by atoms with Crippen LogP contribution in [0, 0.1) is 13.8 Å². The predicted octanol–water partition coefficient (Wildman–Crippen LogP) is 17.1. The number of nitrogens with zero attached hydrogens (tertiary/aromatic N) is 2. The molecule has 4 heteroatoms.